The summed E-state index contributed by atoms with van der Waals surface area (Å²) in [5, 5.41) is 12.9. The molecule has 0 bridgehead atoms. The lowest BCUT2D eigenvalue weighted by atomic mass is 9.87. The van der Waals surface area contributed by atoms with E-state index in [4.69, 9.17) is 0 Å². The molecule has 0 unspecified atom stereocenters. The standard InChI is InChI=1S/C14H22N2O/c17-14-3-1-13(2-4-14)11-16-10-7-12-5-8-15-9-6-12/h5-6,8-9,13-14,16-17H,1-4,7,10-11H2. The van der Waals surface area contributed by atoms with E-state index in [1.807, 2.05) is 12.4 Å². The van der Waals surface area contributed by atoms with Crippen LogP contribution in [-0.2, 0) is 6.42 Å². The lowest BCUT2D eigenvalue weighted by Crippen LogP contribution is -2.29. The van der Waals surface area contributed by atoms with Crippen LogP contribution in [-0.4, -0.2) is 29.3 Å². The number of hydrogen-bond donors (Lipinski definition) is 2. The minimum Gasteiger partial charge on any atom is -0.393 e. The topological polar surface area (TPSA) is 45.1 Å². The van der Waals surface area contributed by atoms with E-state index < -0.39 is 0 Å². The highest BCUT2D eigenvalue weighted by Crippen LogP contribution is 2.23. The van der Waals surface area contributed by atoms with Gasteiger partial charge in [0.05, 0.1) is 6.10 Å². The molecular weight excluding hydrogens is 212 g/mol. The molecule has 94 valence electrons. The van der Waals surface area contributed by atoms with E-state index in [0.29, 0.717) is 0 Å². The van der Waals surface area contributed by atoms with Crippen molar-refractivity contribution in [2.75, 3.05) is 13.1 Å². The lowest BCUT2D eigenvalue weighted by molar-refractivity contribution is 0.108. The maximum atomic E-state index is 9.42. The number of aliphatic hydroxyl groups is 1. The van der Waals surface area contributed by atoms with Crippen LogP contribution < -0.4 is 5.32 Å². The Morgan fingerprint density at radius 3 is 2.59 bits per heavy atom. The summed E-state index contributed by atoms with van der Waals surface area (Å²) in [6, 6.07) is 4.14. The first-order chi connectivity index (χ1) is 8.34. The highest BCUT2D eigenvalue weighted by molar-refractivity contribution is 5.09. The number of aliphatic hydroxyl groups excluding tert-OH is 1. The van der Waals surface area contributed by atoms with Crippen LogP contribution in [0.4, 0.5) is 0 Å². The molecule has 0 aromatic carbocycles. The second kappa shape index (κ2) is 6.72. The molecule has 0 atom stereocenters. The third-order valence-electron chi connectivity index (χ3n) is 3.59. The van der Waals surface area contributed by atoms with Crippen molar-refractivity contribution in [2.24, 2.45) is 5.92 Å². The van der Waals surface area contributed by atoms with Crippen LogP contribution in [0.1, 0.15) is 31.2 Å². The Bertz CT molecular complexity index is 307. The largest absolute Gasteiger partial charge is 0.393 e. The quantitative estimate of drug-likeness (QED) is 0.763. The van der Waals surface area contributed by atoms with E-state index in [1.54, 1.807) is 0 Å². The fourth-order valence-electron chi connectivity index (χ4n) is 2.44. The molecule has 3 nitrogen and oxygen atoms in total. The smallest absolute Gasteiger partial charge is 0.0540 e. The number of aromatic nitrogens is 1. The second-order valence-electron chi connectivity index (χ2n) is 4.98. The van der Waals surface area contributed by atoms with Gasteiger partial charge in [-0.2, -0.15) is 0 Å². The molecule has 1 fully saturated rings. The number of hydrogen-bond acceptors (Lipinski definition) is 3. The first-order valence-corrected chi connectivity index (χ1v) is 6.62. The third-order valence-corrected chi connectivity index (χ3v) is 3.59. The predicted octanol–water partition coefficient (Wildman–Crippen LogP) is 1.76. The van der Waals surface area contributed by atoms with Gasteiger partial charge < -0.3 is 10.4 Å². The Hall–Kier alpha value is -0.930. The monoisotopic (exact) mass is 234 g/mol. The maximum Gasteiger partial charge on any atom is 0.0540 e. The van der Waals surface area contributed by atoms with Gasteiger partial charge in [0.25, 0.3) is 0 Å². The fourth-order valence-corrected chi connectivity index (χ4v) is 2.44. The van der Waals surface area contributed by atoms with Crippen LogP contribution in [0.25, 0.3) is 0 Å². The molecule has 1 aliphatic carbocycles. The Morgan fingerprint density at radius 1 is 1.18 bits per heavy atom. The van der Waals surface area contributed by atoms with E-state index in [-0.39, 0.29) is 6.10 Å². The van der Waals surface area contributed by atoms with Crippen molar-refractivity contribution < 1.29 is 5.11 Å². The van der Waals surface area contributed by atoms with Gasteiger partial charge in [0.15, 0.2) is 0 Å². The van der Waals surface area contributed by atoms with Crippen molar-refractivity contribution in [3.05, 3.63) is 30.1 Å². The van der Waals surface area contributed by atoms with Crippen LogP contribution in [0, 0.1) is 5.92 Å². The van der Waals surface area contributed by atoms with Gasteiger partial charge >= 0.3 is 0 Å². The predicted molar refractivity (Wildman–Crippen MR) is 68.8 cm³/mol. The Balaban J connectivity index is 1.57. The third kappa shape index (κ3) is 4.44. The molecule has 3 heteroatoms. The molecule has 0 amide bonds. The van der Waals surface area contributed by atoms with Crippen LogP contribution in [0.15, 0.2) is 24.5 Å². The summed E-state index contributed by atoms with van der Waals surface area (Å²) in [4.78, 5) is 4.01. The van der Waals surface area contributed by atoms with Crippen molar-refractivity contribution in [1.82, 2.24) is 10.3 Å². The molecule has 17 heavy (non-hydrogen) atoms. The molecule has 1 aliphatic rings. The minimum atomic E-state index is -0.0388. The van der Waals surface area contributed by atoms with Gasteiger partial charge in [-0.1, -0.05) is 0 Å². The van der Waals surface area contributed by atoms with Crippen molar-refractivity contribution in [3.63, 3.8) is 0 Å². The van der Waals surface area contributed by atoms with Crippen molar-refractivity contribution in [2.45, 2.75) is 38.2 Å². The molecule has 0 spiro atoms. The Kier molecular flexibility index (Phi) is 4.95. The zero-order chi connectivity index (χ0) is 11.9. The van der Waals surface area contributed by atoms with Crippen LogP contribution in [0.2, 0.25) is 0 Å². The molecule has 1 aromatic rings. The molecule has 1 aromatic heterocycles. The van der Waals surface area contributed by atoms with Crippen LogP contribution >= 0.6 is 0 Å². The molecular formula is C14H22N2O. The summed E-state index contributed by atoms with van der Waals surface area (Å²) in [7, 11) is 0. The zero-order valence-corrected chi connectivity index (χ0v) is 10.3. The molecule has 0 aliphatic heterocycles. The van der Waals surface area contributed by atoms with Crippen LogP contribution in [0.5, 0.6) is 0 Å². The Labute approximate surface area is 103 Å². The van der Waals surface area contributed by atoms with Gasteiger partial charge in [0, 0.05) is 12.4 Å². The van der Waals surface area contributed by atoms with Crippen molar-refractivity contribution in [3.8, 4) is 0 Å². The molecule has 1 saturated carbocycles. The number of nitrogens with zero attached hydrogens (tertiary/aromatic N) is 1. The van der Waals surface area contributed by atoms with Gasteiger partial charge in [-0.15, -0.1) is 0 Å². The van der Waals surface area contributed by atoms with E-state index in [2.05, 4.69) is 22.4 Å². The summed E-state index contributed by atoms with van der Waals surface area (Å²) in [6.07, 6.45) is 9.02. The van der Waals surface area contributed by atoms with Crippen LogP contribution in [0.3, 0.4) is 0 Å². The van der Waals surface area contributed by atoms with Crippen molar-refractivity contribution in [1.29, 1.82) is 0 Å². The number of rotatable bonds is 5. The summed E-state index contributed by atoms with van der Waals surface area (Å²) < 4.78 is 0. The molecule has 2 rings (SSSR count). The van der Waals surface area contributed by atoms with Gasteiger partial charge in [-0.05, 0) is 68.8 Å². The van der Waals surface area contributed by atoms with Crippen molar-refractivity contribution >= 4 is 0 Å². The minimum absolute atomic E-state index is 0.0388. The first-order valence-electron chi connectivity index (χ1n) is 6.62. The molecule has 0 saturated heterocycles. The average molecular weight is 234 g/mol. The number of nitrogens with one attached hydrogen (secondary N) is 1. The SMILES string of the molecule is OC1CCC(CNCCc2ccncc2)CC1. The average Bonchev–Trinajstić information content (AvgIpc) is 2.38. The molecule has 0 radical (unpaired) electrons. The highest BCUT2D eigenvalue weighted by Gasteiger charge is 2.18. The molecule has 1 heterocycles. The van der Waals surface area contributed by atoms with E-state index in [9.17, 15) is 5.11 Å². The van der Waals surface area contributed by atoms with E-state index in [1.165, 1.54) is 18.4 Å². The first kappa shape index (κ1) is 12.5. The highest BCUT2D eigenvalue weighted by atomic mass is 16.3. The van der Waals surface area contributed by atoms with Gasteiger partial charge in [0.2, 0.25) is 0 Å². The van der Waals surface area contributed by atoms with E-state index >= 15 is 0 Å². The lowest BCUT2D eigenvalue weighted by Gasteiger charge is -2.25. The summed E-state index contributed by atoms with van der Waals surface area (Å²) in [5.41, 5.74) is 1.34. The van der Waals surface area contributed by atoms with Gasteiger partial charge in [-0.25, -0.2) is 0 Å². The fraction of sp³-hybridized carbons (Fsp3) is 0.643. The molecule has 2 N–H and O–H groups in total. The number of pyridine rings is 1. The normalized spacial score (nSPS) is 24.8. The van der Waals surface area contributed by atoms with Gasteiger partial charge in [-0.3, -0.25) is 4.98 Å². The maximum absolute atomic E-state index is 9.42. The second-order valence-corrected chi connectivity index (χ2v) is 4.98. The summed E-state index contributed by atoms with van der Waals surface area (Å²) in [6.45, 7) is 2.13. The summed E-state index contributed by atoms with van der Waals surface area (Å²) >= 11 is 0. The Morgan fingerprint density at radius 2 is 1.88 bits per heavy atom. The summed E-state index contributed by atoms with van der Waals surface area (Å²) in [5.74, 6) is 0.760. The van der Waals surface area contributed by atoms with E-state index in [0.717, 1.165) is 38.3 Å². The zero-order valence-electron chi connectivity index (χ0n) is 10.3. The van der Waals surface area contributed by atoms with Gasteiger partial charge in [0.1, 0.15) is 0 Å².